The number of piperazine rings is 1. The van der Waals surface area contributed by atoms with Crippen molar-refractivity contribution in [3.05, 3.63) is 93.8 Å². The molecular weight excluding hydrogens is 573 g/mol. The predicted octanol–water partition coefficient (Wildman–Crippen LogP) is 4.24. The fraction of sp³-hybridized carbons (Fsp3) is 0.371. The minimum Gasteiger partial charge on any atom is -0.489 e. The Morgan fingerprint density at radius 1 is 0.956 bits per heavy atom. The maximum Gasteiger partial charge on any atom is 0.255 e. The molecule has 0 spiro atoms. The molecule has 10 heteroatoms. The number of amides is 3. The van der Waals surface area contributed by atoms with E-state index < -0.39 is 11.9 Å². The van der Waals surface area contributed by atoms with Crippen LogP contribution in [0.5, 0.6) is 5.75 Å². The van der Waals surface area contributed by atoms with Crippen LogP contribution in [0.25, 0.3) is 0 Å². The largest absolute Gasteiger partial charge is 0.489 e. The minimum atomic E-state index is -0.663. The van der Waals surface area contributed by atoms with Crippen molar-refractivity contribution in [2.75, 3.05) is 31.1 Å². The number of nitrogens with zero attached hydrogens (tertiary/aromatic N) is 4. The molecule has 3 aromatic carbocycles. The summed E-state index contributed by atoms with van der Waals surface area (Å²) in [5.41, 5.74) is 5.91. The third-order valence-electron chi connectivity index (χ3n) is 9.60. The molecule has 1 N–H and O–H groups in total. The first-order chi connectivity index (χ1) is 21.9. The van der Waals surface area contributed by atoms with Gasteiger partial charge in [-0.2, -0.15) is 5.26 Å². The van der Waals surface area contributed by atoms with Gasteiger partial charge in [0.25, 0.3) is 5.91 Å². The van der Waals surface area contributed by atoms with Crippen molar-refractivity contribution in [2.45, 2.75) is 57.3 Å². The summed E-state index contributed by atoms with van der Waals surface area (Å²) in [6.45, 7) is 3.75. The molecule has 2 fully saturated rings. The van der Waals surface area contributed by atoms with Crippen LogP contribution in [-0.4, -0.2) is 59.7 Å². The second-order valence-corrected chi connectivity index (χ2v) is 12.2. The minimum absolute atomic E-state index is 0.215. The number of hydrogen-bond donors (Lipinski definition) is 1. The zero-order valence-corrected chi connectivity index (χ0v) is 24.9. The highest BCUT2D eigenvalue weighted by Gasteiger charge is 2.40. The van der Waals surface area contributed by atoms with Crippen LogP contribution in [-0.2, 0) is 29.2 Å². The molecule has 0 unspecified atom stereocenters. The van der Waals surface area contributed by atoms with Crippen molar-refractivity contribution in [2.24, 2.45) is 0 Å². The molecule has 9 nitrogen and oxygen atoms in total. The number of nitriles is 1. The van der Waals surface area contributed by atoms with Crippen molar-refractivity contribution < 1.29 is 23.5 Å². The molecular formula is C35H34FN5O4. The van der Waals surface area contributed by atoms with Gasteiger partial charge in [0.2, 0.25) is 11.8 Å². The molecule has 1 aliphatic carbocycles. The number of fused-ring (bicyclic) bond motifs is 2. The highest BCUT2D eigenvalue weighted by Crippen LogP contribution is 2.37. The number of nitrogens with one attached hydrogen (secondary N) is 1. The fourth-order valence-corrected chi connectivity index (χ4v) is 7.27. The molecule has 7 rings (SSSR count). The van der Waals surface area contributed by atoms with E-state index in [2.05, 4.69) is 33.3 Å². The molecule has 0 radical (unpaired) electrons. The van der Waals surface area contributed by atoms with E-state index >= 15 is 0 Å². The third kappa shape index (κ3) is 5.53. The van der Waals surface area contributed by atoms with E-state index in [4.69, 9.17) is 10.00 Å². The highest BCUT2D eigenvalue weighted by atomic mass is 19.1. The van der Waals surface area contributed by atoms with Crippen molar-refractivity contribution in [1.29, 1.82) is 5.26 Å². The lowest BCUT2D eigenvalue weighted by molar-refractivity contribution is -0.136. The summed E-state index contributed by atoms with van der Waals surface area (Å²) in [5.74, 6) is -0.668. The van der Waals surface area contributed by atoms with Crippen LogP contribution in [0.2, 0.25) is 0 Å². The van der Waals surface area contributed by atoms with Gasteiger partial charge in [-0.25, -0.2) is 4.39 Å². The number of aryl methyl sites for hydroxylation is 1. The van der Waals surface area contributed by atoms with Gasteiger partial charge in [-0.05, 0) is 72.7 Å². The summed E-state index contributed by atoms with van der Waals surface area (Å²) >= 11 is 0. The Morgan fingerprint density at radius 2 is 1.80 bits per heavy atom. The quantitative estimate of drug-likeness (QED) is 0.418. The Hall–Kier alpha value is -4.75. The highest BCUT2D eigenvalue weighted by molar-refractivity contribution is 6.05. The molecule has 3 aromatic rings. The zero-order valence-electron chi connectivity index (χ0n) is 24.9. The second kappa shape index (κ2) is 12.0. The predicted molar refractivity (Wildman–Crippen MR) is 164 cm³/mol. The van der Waals surface area contributed by atoms with E-state index in [-0.39, 0.29) is 30.6 Å². The average molecular weight is 608 g/mol. The third-order valence-corrected chi connectivity index (χ3v) is 9.60. The fourth-order valence-electron chi connectivity index (χ4n) is 7.27. The number of imide groups is 1. The lowest BCUT2D eigenvalue weighted by atomic mass is 9.85. The summed E-state index contributed by atoms with van der Waals surface area (Å²) in [6, 6.07) is 18.3. The van der Waals surface area contributed by atoms with Gasteiger partial charge in [0, 0.05) is 49.8 Å². The van der Waals surface area contributed by atoms with E-state index in [1.165, 1.54) is 17.2 Å². The molecule has 4 aliphatic rings. The second-order valence-electron chi connectivity index (χ2n) is 12.2. The maximum atomic E-state index is 14.6. The molecule has 2 atom stereocenters. The number of rotatable bonds is 6. The van der Waals surface area contributed by atoms with E-state index in [1.54, 1.807) is 29.2 Å². The smallest absolute Gasteiger partial charge is 0.255 e. The zero-order chi connectivity index (χ0) is 31.1. The summed E-state index contributed by atoms with van der Waals surface area (Å²) in [5, 5.41) is 11.4. The lowest BCUT2D eigenvalue weighted by Gasteiger charge is -2.42. The Morgan fingerprint density at radius 3 is 2.58 bits per heavy atom. The van der Waals surface area contributed by atoms with Crippen LogP contribution in [0.3, 0.4) is 0 Å². The van der Waals surface area contributed by atoms with E-state index in [9.17, 15) is 18.8 Å². The van der Waals surface area contributed by atoms with Crippen molar-refractivity contribution in [3.63, 3.8) is 0 Å². The molecule has 0 saturated carbocycles. The summed E-state index contributed by atoms with van der Waals surface area (Å²) < 4.78 is 20.9. The van der Waals surface area contributed by atoms with Gasteiger partial charge in [0.15, 0.2) is 0 Å². The first-order valence-corrected chi connectivity index (χ1v) is 15.6. The average Bonchev–Trinajstić information content (AvgIpc) is 3.39. The van der Waals surface area contributed by atoms with Crippen molar-refractivity contribution >= 4 is 23.4 Å². The molecule has 3 heterocycles. The summed E-state index contributed by atoms with van der Waals surface area (Å²) in [7, 11) is 0. The SMILES string of the molecule is N#Cc1ccc(N2CCN([C@H]3CCCc4cc(COc5cccc6c5CN([C@H]5CCC(=O)NC5=O)C6=O)ccc43)CC2)c(F)c1. The summed E-state index contributed by atoms with van der Waals surface area (Å²) in [4.78, 5) is 43.3. The van der Waals surface area contributed by atoms with Crippen molar-refractivity contribution in [1.82, 2.24) is 15.1 Å². The van der Waals surface area contributed by atoms with Crippen LogP contribution in [0, 0.1) is 17.1 Å². The number of ether oxygens (including phenoxy) is 1. The molecule has 230 valence electrons. The van der Waals surface area contributed by atoms with Crippen LogP contribution < -0.4 is 15.0 Å². The number of anilines is 1. The number of carbonyl (C=O) groups is 3. The maximum absolute atomic E-state index is 14.6. The lowest BCUT2D eigenvalue weighted by Crippen LogP contribution is -2.52. The van der Waals surface area contributed by atoms with Gasteiger partial charge in [0.1, 0.15) is 24.2 Å². The monoisotopic (exact) mass is 607 g/mol. The van der Waals surface area contributed by atoms with Gasteiger partial charge in [-0.15, -0.1) is 0 Å². The first-order valence-electron chi connectivity index (χ1n) is 15.6. The normalized spacial score (nSPS) is 21.6. The van der Waals surface area contributed by atoms with Crippen LogP contribution in [0.1, 0.15) is 69.9 Å². The van der Waals surface area contributed by atoms with E-state index in [1.807, 2.05) is 12.1 Å². The standard InChI is InChI=1S/C35H34FN5O4/c36-28-18-22(19-37)8-10-30(28)40-15-13-39(14-16-40)29-5-1-3-24-17-23(7-9-25(24)29)21-45-32-6-2-4-26-27(32)20-41(35(26)44)31-11-12-33(42)38-34(31)43/h2,4,6-10,17-18,29,31H,1,3,5,11-16,20-21H2,(H,38,42,43)/t29-,31-/m0/s1. The van der Waals surface area contributed by atoms with Crippen LogP contribution in [0.15, 0.2) is 54.6 Å². The summed E-state index contributed by atoms with van der Waals surface area (Å²) in [6.07, 6.45) is 3.72. The van der Waals surface area contributed by atoms with Gasteiger partial charge >= 0.3 is 0 Å². The Balaban J connectivity index is 1.00. The molecule has 3 amide bonds. The van der Waals surface area contributed by atoms with Crippen molar-refractivity contribution in [3.8, 4) is 11.8 Å². The molecule has 45 heavy (non-hydrogen) atoms. The number of benzene rings is 3. The van der Waals surface area contributed by atoms with Gasteiger partial charge < -0.3 is 14.5 Å². The number of carbonyl (C=O) groups excluding carboxylic acids is 3. The number of hydrogen-bond acceptors (Lipinski definition) is 7. The van der Waals surface area contributed by atoms with Crippen LogP contribution in [0.4, 0.5) is 10.1 Å². The topological polar surface area (TPSA) is 106 Å². The first kappa shape index (κ1) is 29.0. The van der Waals surface area contributed by atoms with E-state index in [0.717, 1.165) is 56.6 Å². The molecule has 3 aliphatic heterocycles. The van der Waals surface area contributed by atoms with Gasteiger partial charge in [-0.3, -0.25) is 24.6 Å². The van der Waals surface area contributed by atoms with E-state index in [0.29, 0.717) is 41.6 Å². The van der Waals surface area contributed by atoms with Gasteiger partial charge in [-0.1, -0.05) is 24.3 Å². The number of halogens is 1. The Bertz CT molecular complexity index is 1730. The number of piperidine rings is 1. The Kier molecular flexibility index (Phi) is 7.71. The molecule has 2 saturated heterocycles. The Labute approximate surface area is 261 Å². The molecule has 0 aromatic heterocycles. The molecule has 0 bridgehead atoms. The van der Waals surface area contributed by atoms with Crippen LogP contribution >= 0.6 is 0 Å². The van der Waals surface area contributed by atoms with Gasteiger partial charge in [0.05, 0.1) is 23.9 Å².